The summed E-state index contributed by atoms with van der Waals surface area (Å²) in [5.74, 6) is 1.25. The second-order valence-corrected chi connectivity index (χ2v) is 8.02. The van der Waals surface area contributed by atoms with Crippen LogP contribution in [0.2, 0.25) is 5.02 Å². The van der Waals surface area contributed by atoms with Gasteiger partial charge in [-0.05, 0) is 47.7 Å². The summed E-state index contributed by atoms with van der Waals surface area (Å²) in [5.41, 5.74) is 11.1. The first kappa shape index (κ1) is 16.6. The molecule has 5 rings (SSSR count). The lowest BCUT2D eigenvalue weighted by Gasteiger charge is -2.20. The van der Waals surface area contributed by atoms with Crippen LogP contribution in [-0.2, 0) is 6.42 Å². The summed E-state index contributed by atoms with van der Waals surface area (Å²) in [6.07, 6.45) is 9.72. The summed E-state index contributed by atoms with van der Waals surface area (Å²) < 4.78 is 0. The second kappa shape index (κ2) is 6.57. The number of halogens is 1. The number of H-pyrrole nitrogens is 2. The Morgan fingerprint density at radius 1 is 1.11 bits per heavy atom. The molecule has 6 heteroatoms. The van der Waals surface area contributed by atoms with Gasteiger partial charge in [0, 0.05) is 22.7 Å². The van der Waals surface area contributed by atoms with Gasteiger partial charge in [0.25, 0.3) is 0 Å². The number of nitrogens with one attached hydrogen (secondary N) is 2. The largest absolute Gasteiger partial charge is 0.382 e. The van der Waals surface area contributed by atoms with Crippen LogP contribution in [0.5, 0.6) is 0 Å². The molecule has 5 nitrogen and oxygen atoms in total. The first-order chi connectivity index (χ1) is 13.2. The summed E-state index contributed by atoms with van der Waals surface area (Å²) in [7, 11) is 0. The molecule has 1 saturated carbocycles. The molecule has 1 aliphatic carbocycles. The lowest BCUT2D eigenvalue weighted by molar-refractivity contribution is 0.355. The molecule has 0 radical (unpaired) electrons. The normalized spacial score (nSPS) is 15.7. The van der Waals surface area contributed by atoms with Crippen LogP contribution in [0.4, 0.5) is 5.82 Å². The van der Waals surface area contributed by atoms with E-state index in [1.54, 1.807) is 0 Å². The second-order valence-electron chi connectivity index (χ2n) is 7.61. The zero-order valence-electron chi connectivity index (χ0n) is 15.1. The van der Waals surface area contributed by atoms with Crippen molar-refractivity contribution in [3.05, 3.63) is 41.2 Å². The van der Waals surface area contributed by atoms with E-state index >= 15 is 0 Å². The summed E-state index contributed by atoms with van der Waals surface area (Å²) in [6, 6.07) is 8.30. The Hall–Kier alpha value is -2.53. The number of hydrogen-bond acceptors (Lipinski definition) is 3. The quantitative estimate of drug-likeness (QED) is 0.441. The van der Waals surface area contributed by atoms with E-state index in [1.165, 1.54) is 37.8 Å². The zero-order valence-corrected chi connectivity index (χ0v) is 15.8. The van der Waals surface area contributed by atoms with Crippen molar-refractivity contribution in [2.45, 2.75) is 38.5 Å². The molecule has 4 N–H and O–H groups in total. The molecule has 0 spiro atoms. The predicted molar refractivity (Wildman–Crippen MR) is 111 cm³/mol. The molecule has 1 aromatic carbocycles. The topological polar surface area (TPSA) is 83.4 Å². The minimum atomic E-state index is 0.464. The fourth-order valence-electron chi connectivity index (χ4n) is 4.40. The highest BCUT2D eigenvalue weighted by Crippen LogP contribution is 2.36. The number of rotatable bonds is 3. The van der Waals surface area contributed by atoms with E-state index in [0.717, 1.165) is 45.4 Å². The first-order valence-corrected chi connectivity index (χ1v) is 9.97. The standard InChI is InChI=1S/C21H22ClN5/c22-18-10-13(9-17-19(18)26-27-20(17)23)15-6-7-24-21-16(15)11-14(25-21)8-12-4-2-1-3-5-12/h6-7,9-12H,1-5,8H2,(H,24,25)(H3,23,26,27). The molecule has 3 heterocycles. The third-order valence-corrected chi connectivity index (χ3v) is 6.08. The maximum absolute atomic E-state index is 6.46. The van der Waals surface area contributed by atoms with E-state index in [1.807, 2.05) is 24.4 Å². The molecule has 4 aromatic rings. The molecule has 0 amide bonds. The van der Waals surface area contributed by atoms with Crippen molar-refractivity contribution in [3.63, 3.8) is 0 Å². The van der Waals surface area contributed by atoms with Crippen LogP contribution in [0.3, 0.4) is 0 Å². The number of pyridine rings is 1. The van der Waals surface area contributed by atoms with Crippen LogP contribution in [0, 0.1) is 5.92 Å². The number of hydrogen-bond donors (Lipinski definition) is 3. The van der Waals surface area contributed by atoms with Crippen LogP contribution in [0.1, 0.15) is 37.8 Å². The number of nitrogens with two attached hydrogens (primary N) is 1. The van der Waals surface area contributed by atoms with Gasteiger partial charge >= 0.3 is 0 Å². The fourth-order valence-corrected chi connectivity index (χ4v) is 4.66. The van der Waals surface area contributed by atoms with Crippen LogP contribution in [0.15, 0.2) is 30.5 Å². The molecule has 0 atom stereocenters. The van der Waals surface area contributed by atoms with Gasteiger partial charge in [0.15, 0.2) is 5.82 Å². The Morgan fingerprint density at radius 2 is 1.96 bits per heavy atom. The van der Waals surface area contributed by atoms with E-state index in [9.17, 15) is 0 Å². The third kappa shape index (κ3) is 2.96. The molecule has 27 heavy (non-hydrogen) atoms. The maximum Gasteiger partial charge on any atom is 0.153 e. The van der Waals surface area contributed by atoms with Gasteiger partial charge in [0.2, 0.25) is 0 Å². The number of anilines is 1. The third-order valence-electron chi connectivity index (χ3n) is 5.79. The van der Waals surface area contributed by atoms with Gasteiger partial charge in [0.05, 0.1) is 10.5 Å². The van der Waals surface area contributed by atoms with E-state index in [-0.39, 0.29) is 0 Å². The van der Waals surface area contributed by atoms with Crippen molar-refractivity contribution >= 4 is 39.4 Å². The molecular weight excluding hydrogens is 358 g/mol. The summed E-state index contributed by atoms with van der Waals surface area (Å²) in [4.78, 5) is 8.07. The fraction of sp³-hybridized carbons (Fsp3) is 0.333. The molecule has 0 saturated heterocycles. The van der Waals surface area contributed by atoms with Crippen molar-refractivity contribution in [2.24, 2.45) is 5.92 Å². The van der Waals surface area contributed by atoms with E-state index in [4.69, 9.17) is 17.3 Å². The SMILES string of the molecule is Nc1n[nH]c2c(Cl)cc(-c3ccnc4[nH]c(CC5CCCCC5)cc34)cc12. The molecular formula is C21H22ClN5. The lowest BCUT2D eigenvalue weighted by Crippen LogP contribution is -2.09. The number of benzene rings is 1. The molecule has 0 bridgehead atoms. The minimum absolute atomic E-state index is 0.464. The van der Waals surface area contributed by atoms with Crippen LogP contribution >= 0.6 is 11.6 Å². The molecule has 138 valence electrons. The van der Waals surface area contributed by atoms with Gasteiger partial charge < -0.3 is 10.7 Å². The van der Waals surface area contributed by atoms with Gasteiger partial charge in [-0.15, -0.1) is 0 Å². The predicted octanol–water partition coefficient (Wildman–Crippen LogP) is 5.46. The molecule has 0 aliphatic heterocycles. The average Bonchev–Trinajstić information content (AvgIpc) is 3.26. The van der Waals surface area contributed by atoms with Gasteiger partial charge in [-0.2, -0.15) is 5.10 Å². The highest BCUT2D eigenvalue weighted by Gasteiger charge is 2.17. The summed E-state index contributed by atoms with van der Waals surface area (Å²) >= 11 is 6.46. The van der Waals surface area contributed by atoms with Crippen molar-refractivity contribution in [3.8, 4) is 11.1 Å². The van der Waals surface area contributed by atoms with E-state index < -0.39 is 0 Å². The Bertz CT molecular complexity index is 1120. The molecule has 3 aromatic heterocycles. The van der Waals surface area contributed by atoms with Crippen molar-refractivity contribution in [2.75, 3.05) is 5.73 Å². The Kier molecular flexibility index (Phi) is 4.05. The van der Waals surface area contributed by atoms with Gasteiger partial charge in [-0.25, -0.2) is 4.98 Å². The first-order valence-electron chi connectivity index (χ1n) is 9.59. The highest BCUT2D eigenvalue weighted by molar-refractivity contribution is 6.35. The average molecular weight is 380 g/mol. The van der Waals surface area contributed by atoms with E-state index in [2.05, 4.69) is 26.2 Å². The smallest absolute Gasteiger partial charge is 0.153 e. The molecule has 1 aliphatic rings. The Balaban J connectivity index is 1.58. The monoisotopic (exact) mass is 379 g/mol. The zero-order chi connectivity index (χ0) is 18.4. The number of nitrogens with zero attached hydrogens (tertiary/aromatic N) is 2. The Labute approximate surface area is 162 Å². The number of nitrogen functional groups attached to an aromatic ring is 1. The van der Waals surface area contributed by atoms with Crippen LogP contribution in [0.25, 0.3) is 33.1 Å². The van der Waals surface area contributed by atoms with E-state index in [0.29, 0.717) is 10.8 Å². The lowest BCUT2D eigenvalue weighted by atomic mass is 9.86. The highest BCUT2D eigenvalue weighted by atomic mass is 35.5. The van der Waals surface area contributed by atoms with Gasteiger partial charge in [-0.1, -0.05) is 43.7 Å². The number of aromatic nitrogens is 4. The Morgan fingerprint density at radius 3 is 2.81 bits per heavy atom. The minimum Gasteiger partial charge on any atom is -0.382 e. The van der Waals surface area contributed by atoms with Gasteiger partial charge in [0.1, 0.15) is 5.65 Å². The van der Waals surface area contributed by atoms with Crippen LogP contribution < -0.4 is 5.73 Å². The summed E-state index contributed by atoms with van der Waals surface area (Å²) in [5, 5.41) is 9.56. The van der Waals surface area contributed by atoms with Crippen molar-refractivity contribution in [1.29, 1.82) is 0 Å². The number of aromatic amines is 2. The molecule has 0 unspecified atom stereocenters. The molecule has 1 fully saturated rings. The van der Waals surface area contributed by atoms with Crippen LogP contribution in [-0.4, -0.2) is 20.2 Å². The van der Waals surface area contributed by atoms with Gasteiger partial charge in [-0.3, -0.25) is 5.10 Å². The van der Waals surface area contributed by atoms with Crippen molar-refractivity contribution in [1.82, 2.24) is 20.2 Å². The summed E-state index contributed by atoms with van der Waals surface area (Å²) in [6.45, 7) is 0. The number of fused-ring (bicyclic) bond motifs is 2. The maximum atomic E-state index is 6.46. The van der Waals surface area contributed by atoms with Crippen molar-refractivity contribution < 1.29 is 0 Å².